The van der Waals surface area contributed by atoms with Crippen LogP contribution in [0, 0.1) is 13.8 Å². The normalized spacial score (nSPS) is 15.4. The lowest BCUT2D eigenvalue weighted by Gasteiger charge is -2.29. The molecule has 27 heavy (non-hydrogen) atoms. The molecule has 1 atom stereocenters. The van der Waals surface area contributed by atoms with Gasteiger partial charge in [0.1, 0.15) is 6.04 Å². The topological polar surface area (TPSA) is 67.2 Å². The van der Waals surface area contributed by atoms with Crippen molar-refractivity contribution < 1.29 is 9.59 Å². The molecule has 1 fully saturated rings. The fourth-order valence-corrected chi connectivity index (χ4v) is 3.55. The van der Waals surface area contributed by atoms with E-state index in [0.29, 0.717) is 12.1 Å². The minimum atomic E-state index is -0.518. The summed E-state index contributed by atoms with van der Waals surface area (Å²) in [4.78, 5) is 27.0. The molecule has 3 rings (SSSR count). The molecule has 144 valence electrons. The van der Waals surface area contributed by atoms with Crippen LogP contribution in [0.15, 0.2) is 30.3 Å². The van der Waals surface area contributed by atoms with Crippen LogP contribution in [0.2, 0.25) is 0 Å². The number of likely N-dealkylation sites (tertiary alicyclic amines) is 1. The van der Waals surface area contributed by atoms with Gasteiger partial charge in [0.05, 0.1) is 12.2 Å². The molecule has 2 heterocycles. The first-order valence-corrected chi connectivity index (χ1v) is 9.63. The predicted molar refractivity (Wildman–Crippen MR) is 105 cm³/mol. The second-order valence-electron chi connectivity index (χ2n) is 7.37. The Kier molecular flexibility index (Phi) is 5.94. The second kappa shape index (κ2) is 8.37. The highest BCUT2D eigenvalue weighted by Gasteiger charge is 2.23. The largest absolute Gasteiger partial charge is 0.341 e. The summed E-state index contributed by atoms with van der Waals surface area (Å²) < 4.78 is 1.93. The Morgan fingerprint density at radius 1 is 1.15 bits per heavy atom. The average Bonchev–Trinajstić information content (AvgIpc) is 2.98. The summed E-state index contributed by atoms with van der Waals surface area (Å²) in [6, 6.07) is 9.00. The Bertz CT molecular complexity index is 821. The molecule has 2 amide bonds. The highest BCUT2D eigenvalue weighted by Crippen LogP contribution is 2.12. The molecule has 1 aliphatic heterocycles. The third-order valence-corrected chi connectivity index (χ3v) is 5.01. The number of nitrogens with one attached hydrogen (secondary N) is 1. The Hall–Kier alpha value is -2.63. The molecule has 1 aromatic heterocycles. The van der Waals surface area contributed by atoms with Gasteiger partial charge in [-0.2, -0.15) is 5.10 Å². The van der Waals surface area contributed by atoms with Crippen LogP contribution in [0.5, 0.6) is 0 Å². The average molecular weight is 368 g/mol. The van der Waals surface area contributed by atoms with Crippen LogP contribution >= 0.6 is 0 Å². The smallest absolute Gasteiger partial charge is 0.251 e. The van der Waals surface area contributed by atoms with Crippen LogP contribution in [0.3, 0.4) is 0 Å². The number of amides is 2. The first-order chi connectivity index (χ1) is 12.9. The number of rotatable bonds is 5. The van der Waals surface area contributed by atoms with E-state index in [1.807, 2.05) is 47.7 Å². The van der Waals surface area contributed by atoms with E-state index in [0.717, 1.165) is 42.9 Å². The van der Waals surface area contributed by atoms with Gasteiger partial charge in [0.2, 0.25) is 5.91 Å². The fourth-order valence-electron chi connectivity index (χ4n) is 3.55. The van der Waals surface area contributed by atoms with E-state index >= 15 is 0 Å². The molecule has 0 radical (unpaired) electrons. The van der Waals surface area contributed by atoms with Gasteiger partial charge in [-0.05, 0) is 63.8 Å². The highest BCUT2D eigenvalue weighted by atomic mass is 16.2. The van der Waals surface area contributed by atoms with Crippen molar-refractivity contribution in [1.82, 2.24) is 20.0 Å². The summed E-state index contributed by atoms with van der Waals surface area (Å²) in [6.07, 6.45) is 3.26. The van der Waals surface area contributed by atoms with Crippen LogP contribution in [-0.4, -0.2) is 45.6 Å². The first-order valence-electron chi connectivity index (χ1n) is 9.63. The third-order valence-electron chi connectivity index (χ3n) is 5.01. The van der Waals surface area contributed by atoms with Crippen molar-refractivity contribution in [2.24, 2.45) is 0 Å². The maximum Gasteiger partial charge on any atom is 0.251 e. The van der Waals surface area contributed by atoms with Crippen molar-refractivity contribution in [2.75, 3.05) is 13.1 Å². The minimum Gasteiger partial charge on any atom is -0.341 e. The van der Waals surface area contributed by atoms with E-state index in [-0.39, 0.29) is 11.8 Å². The number of nitrogens with zero attached hydrogens (tertiary/aromatic N) is 3. The van der Waals surface area contributed by atoms with E-state index in [1.165, 1.54) is 6.42 Å². The lowest BCUT2D eigenvalue weighted by Crippen LogP contribution is -2.48. The monoisotopic (exact) mass is 368 g/mol. The summed E-state index contributed by atoms with van der Waals surface area (Å²) in [6.45, 7) is 7.94. The Morgan fingerprint density at radius 3 is 2.56 bits per heavy atom. The zero-order valence-corrected chi connectivity index (χ0v) is 16.4. The number of piperidine rings is 1. The van der Waals surface area contributed by atoms with Gasteiger partial charge in [-0.1, -0.05) is 12.1 Å². The molecule has 1 aromatic carbocycles. The molecular formula is C21H28N4O2. The zero-order chi connectivity index (χ0) is 19.4. The van der Waals surface area contributed by atoms with Crippen molar-refractivity contribution in [1.29, 1.82) is 0 Å². The van der Waals surface area contributed by atoms with Crippen LogP contribution in [-0.2, 0) is 11.3 Å². The van der Waals surface area contributed by atoms with Crippen molar-refractivity contribution >= 4 is 11.8 Å². The number of benzene rings is 1. The van der Waals surface area contributed by atoms with Crippen molar-refractivity contribution in [3.05, 3.63) is 52.8 Å². The molecular weight excluding hydrogens is 340 g/mol. The van der Waals surface area contributed by atoms with Gasteiger partial charge in [-0.25, -0.2) is 0 Å². The first kappa shape index (κ1) is 19.1. The Morgan fingerprint density at radius 2 is 1.89 bits per heavy atom. The summed E-state index contributed by atoms with van der Waals surface area (Å²) in [7, 11) is 0. The lowest BCUT2D eigenvalue weighted by atomic mass is 10.1. The second-order valence-corrected chi connectivity index (χ2v) is 7.37. The van der Waals surface area contributed by atoms with E-state index in [2.05, 4.69) is 10.4 Å². The number of carbonyl (C=O) groups excluding carboxylic acids is 2. The third kappa shape index (κ3) is 4.76. The van der Waals surface area contributed by atoms with E-state index in [4.69, 9.17) is 0 Å². The summed E-state index contributed by atoms with van der Waals surface area (Å²) >= 11 is 0. The number of carbonyl (C=O) groups is 2. The maximum absolute atomic E-state index is 12.6. The van der Waals surface area contributed by atoms with Gasteiger partial charge in [-0.15, -0.1) is 0 Å². The van der Waals surface area contributed by atoms with Gasteiger partial charge in [0, 0.05) is 24.3 Å². The highest BCUT2D eigenvalue weighted by molar-refractivity contribution is 5.97. The summed E-state index contributed by atoms with van der Waals surface area (Å²) in [5.74, 6) is -0.218. The number of aryl methyl sites for hydroxylation is 2. The molecule has 1 aliphatic rings. The van der Waals surface area contributed by atoms with Crippen molar-refractivity contribution in [3.63, 3.8) is 0 Å². The van der Waals surface area contributed by atoms with E-state index in [1.54, 1.807) is 13.0 Å². The molecule has 6 heteroatoms. The zero-order valence-electron chi connectivity index (χ0n) is 16.4. The molecule has 1 N–H and O–H groups in total. The molecule has 2 aromatic rings. The molecule has 1 saturated heterocycles. The molecule has 0 aliphatic carbocycles. The SMILES string of the molecule is Cc1cc(C)n(Cc2cccc(C(=O)NC(C)C(=O)N3CCCCC3)c2)n1. The summed E-state index contributed by atoms with van der Waals surface area (Å²) in [5.41, 5.74) is 3.63. The van der Waals surface area contributed by atoms with Gasteiger partial charge in [0.15, 0.2) is 0 Å². The van der Waals surface area contributed by atoms with Crippen LogP contribution < -0.4 is 5.32 Å². The fraction of sp³-hybridized carbons (Fsp3) is 0.476. The van der Waals surface area contributed by atoms with Crippen LogP contribution in [0.25, 0.3) is 0 Å². The maximum atomic E-state index is 12.6. The van der Waals surface area contributed by atoms with Gasteiger partial charge < -0.3 is 10.2 Å². The lowest BCUT2D eigenvalue weighted by molar-refractivity contribution is -0.133. The quantitative estimate of drug-likeness (QED) is 0.882. The minimum absolute atomic E-state index is 0.00171. The van der Waals surface area contributed by atoms with Crippen LogP contribution in [0.1, 0.15) is 53.5 Å². The van der Waals surface area contributed by atoms with E-state index < -0.39 is 6.04 Å². The summed E-state index contributed by atoms with van der Waals surface area (Å²) in [5, 5.41) is 7.32. The number of hydrogen-bond donors (Lipinski definition) is 1. The molecule has 1 unspecified atom stereocenters. The van der Waals surface area contributed by atoms with Gasteiger partial charge in [-0.3, -0.25) is 14.3 Å². The standard InChI is InChI=1S/C21H28N4O2/c1-15-12-16(2)25(23-15)14-18-8-7-9-19(13-18)20(26)22-17(3)21(27)24-10-5-4-6-11-24/h7-9,12-13,17H,4-6,10-11,14H2,1-3H3,(H,22,26). The van der Waals surface area contributed by atoms with Crippen LogP contribution in [0.4, 0.5) is 0 Å². The van der Waals surface area contributed by atoms with E-state index in [9.17, 15) is 9.59 Å². The number of hydrogen-bond acceptors (Lipinski definition) is 3. The van der Waals surface area contributed by atoms with Crippen molar-refractivity contribution in [3.8, 4) is 0 Å². The van der Waals surface area contributed by atoms with Gasteiger partial charge >= 0.3 is 0 Å². The Balaban J connectivity index is 1.64. The van der Waals surface area contributed by atoms with Crippen molar-refractivity contribution in [2.45, 2.75) is 52.6 Å². The number of aromatic nitrogens is 2. The van der Waals surface area contributed by atoms with Gasteiger partial charge in [0.25, 0.3) is 5.91 Å². The molecule has 0 saturated carbocycles. The predicted octanol–water partition coefficient (Wildman–Crippen LogP) is 2.68. The molecule has 0 spiro atoms. The molecule has 6 nitrogen and oxygen atoms in total. The Labute approximate surface area is 160 Å². The molecule has 0 bridgehead atoms.